The number of carbonyl (C=O) groups is 1. The molecular formula is C10H12BrNO2. The van der Waals surface area contributed by atoms with E-state index >= 15 is 0 Å². The van der Waals surface area contributed by atoms with Crippen molar-refractivity contribution in [2.45, 2.75) is 6.92 Å². The Morgan fingerprint density at radius 1 is 1.57 bits per heavy atom. The largest absolute Gasteiger partial charge is 0.496 e. The highest BCUT2D eigenvalue weighted by Gasteiger charge is 2.12. The van der Waals surface area contributed by atoms with E-state index in [9.17, 15) is 4.79 Å². The van der Waals surface area contributed by atoms with Crippen molar-refractivity contribution in [3.8, 4) is 5.75 Å². The number of nitrogens with two attached hydrogens (primary N) is 1. The summed E-state index contributed by atoms with van der Waals surface area (Å²) in [6, 6.07) is 3.48. The lowest BCUT2D eigenvalue weighted by Crippen LogP contribution is -2.15. The number of hydrogen-bond donors (Lipinski definition) is 1. The molecule has 4 heteroatoms. The third kappa shape index (κ3) is 1.96. The summed E-state index contributed by atoms with van der Waals surface area (Å²) in [6.07, 6.45) is 0. The van der Waals surface area contributed by atoms with E-state index in [0.29, 0.717) is 5.56 Å². The first kappa shape index (κ1) is 11.2. The third-order valence-electron chi connectivity index (χ3n) is 2.06. The van der Waals surface area contributed by atoms with E-state index in [-0.39, 0.29) is 12.3 Å². The number of halogens is 1. The van der Waals surface area contributed by atoms with E-state index in [1.807, 2.05) is 6.92 Å². The lowest BCUT2D eigenvalue weighted by molar-refractivity contribution is 0.100. The Kier molecular flexibility index (Phi) is 3.66. The molecule has 0 aromatic heterocycles. The van der Waals surface area contributed by atoms with Crippen molar-refractivity contribution in [2.75, 3.05) is 13.7 Å². The van der Waals surface area contributed by atoms with E-state index < -0.39 is 0 Å². The zero-order valence-electron chi connectivity index (χ0n) is 8.13. The molecule has 2 N–H and O–H groups in total. The molecular weight excluding hydrogens is 246 g/mol. The van der Waals surface area contributed by atoms with Crippen LogP contribution in [0.2, 0.25) is 0 Å². The van der Waals surface area contributed by atoms with Gasteiger partial charge in [-0.3, -0.25) is 4.79 Å². The van der Waals surface area contributed by atoms with E-state index in [2.05, 4.69) is 15.9 Å². The third-order valence-corrected chi connectivity index (χ3v) is 3.04. The summed E-state index contributed by atoms with van der Waals surface area (Å²) >= 11 is 3.37. The molecule has 1 aromatic carbocycles. The molecule has 0 aliphatic carbocycles. The maximum absolute atomic E-state index is 11.4. The van der Waals surface area contributed by atoms with Crippen LogP contribution < -0.4 is 10.5 Å². The summed E-state index contributed by atoms with van der Waals surface area (Å²) < 4.78 is 5.91. The van der Waals surface area contributed by atoms with E-state index in [0.717, 1.165) is 15.8 Å². The second kappa shape index (κ2) is 4.57. The van der Waals surface area contributed by atoms with Crippen molar-refractivity contribution in [3.05, 3.63) is 27.7 Å². The molecule has 0 bridgehead atoms. The number of rotatable bonds is 3. The zero-order valence-corrected chi connectivity index (χ0v) is 9.72. The van der Waals surface area contributed by atoms with Crippen molar-refractivity contribution in [3.63, 3.8) is 0 Å². The number of benzene rings is 1. The Hall–Kier alpha value is -0.870. The minimum Gasteiger partial charge on any atom is -0.496 e. The Morgan fingerprint density at radius 2 is 2.21 bits per heavy atom. The van der Waals surface area contributed by atoms with Gasteiger partial charge in [-0.1, -0.05) is 0 Å². The minimum atomic E-state index is -0.0640. The van der Waals surface area contributed by atoms with Crippen LogP contribution in [-0.2, 0) is 0 Å². The van der Waals surface area contributed by atoms with Gasteiger partial charge in [-0.25, -0.2) is 0 Å². The molecule has 14 heavy (non-hydrogen) atoms. The van der Waals surface area contributed by atoms with Crippen molar-refractivity contribution in [1.82, 2.24) is 0 Å². The molecule has 1 aromatic rings. The fraction of sp³-hybridized carbons (Fsp3) is 0.300. The normalized spacial score (nSPS) is 10.0. The van der Waals surface area contributed by atoms with E-state index in [1.165, 1.54) is 0 Å². The number of carbonyl (C=O) groups excluding carboxylic acids is 1. The number of hydrogen-bond acceptors (Lipinski definition) is 3. The molecule has 0 saturated carbocycles. The van der Waals surface area contributed by atoms with Gasteiger partial charge >= 0.3 is 0 Å². The SMILES string of the molecule is COc1ccc(C(=O)CN)c(C)c1Br. The van der Waals surface area contributed by atoms with Gasteiger partial charge in [0, 0.05) is 5.56 Å². The zero-order chi connectivity index (χ0) is 10.7. The van der Waals surface area contributed by atoms with Crippen LogP contribution in [0.3, 0.4) is 0 Å². The minimum absolute atomic E-state index is 0.0274. The predicted octanol–water partition coefficient (Wildman–Crippen LogP) is 1.91. The maximum atomic E-state index is 11.4. The first-order chi connectivity index (χ1) is 6.61. The first-order valence-corrected chi connectivity index (χ1v) is 4.97. The average molecular weight is 258 g/mol. The highest BCUT2D eigenvalue weighted by atomic mass is 79.9. The van der Waals surface area contributed by atoms with Gasteiger partial charge in [0.15, 0.2) is 5.78 Å². The summed E-state index contributed by atoms with van der Waals surface area (Å²) in [4.78, 5) is 11.4. The van der Waals surface area contributed by atoms with Crippen LogP contribution in [0, 0.1) is 6.92 Å². The molecule has 3 nitrogen and oxygen atoms in total. The molecule has 0 aliphatic rings. The van der Waals surface area contributed by atoms with Crippen LogP contribution in [0.1, 0.15) is 15.9 Å². The van der Waals surface area contributed by atoms with Crippen LogP contribution in [0.4, 0.5) is 0 Å². The Balaban J connectivity index is 3.24. The van der Waals surface area contributed by atoms with Crippen molar-refractivity contribution < 1.29 is 9.53 Å². The Labute approximate surface area is 91.4 Å². The van der Waals surface area contributed by atoms with Gasteiger partial charge < -0.3 is 10.5 Å². The summed E-state index contributed by atoms with van der Waals surface area (Å²) in [5, 5.41) is 0. The second-order valence-electron chi connectivity index (χ2n) is 2.88. The summed E-state index contributed by atoms with van der Waals surface area (Å²) in [7, 11) is 1.59. The number of ether oxygens (including phenoxy) is 1. The smallest absolute Gasteiger partial charge is 0.176 e. The van der Waals surface area contributed by atoms with Gasteiger partial charge in [-0.2, -0.15) is 0 Å². The molecule has 0 saturated heterocycles. The van der Waals surface area contributed by atoms with Crippen LogP contribution >= 0.6 is 15.9 Å². The molecule has 0 heterocycles. The first-order valence-electron chi connectivity index (χ1n) is 4.18. The van der Waals surface area contributed by atoms with Crippen molar-refractivity contribution >= 4 is 21.7 Å². The van der Waals surface area contributed by atoms with Crippen LogP contribution in [0.15, 0.2) is 16.6 Å². The quantitative estimate of drug-likeness (QED) is 0.842. The van der Waals surface area contributed by atoms with Crippen LogP contribution in [-0.4, -0.2) is 19.4 Å². The predicted molar refractivity (Wildman–Crippen MR) is 58.8 cm³/mol. The molecule has 0 amide bonds. The molecule has 0 fully saturated rings. The summed E-state index contributed by atoms with van der Waals surface area (Å²) in [6.45, 7) is 1.88. The maximum Gasteiger partial charge on any atom is 0.176 e. The number of methoxy groups -OCH3 is 1. The second-order valence-corrected chi connectivity index (χ2v) is 3.67. The highest BCUT2D eigenvalue weighted by molar-refractivity contribution is 9.10. The fourth-order valence-electron chi connectivity index (χ4n) is 1.23. The molecule has 0 unspecified atom stereocenters. The lowest BCUT2D eigenvalue weighted by Gasteiger charge is -2.09. The number of Topliss-reactive ketones (excluding diaryl/α,β-unsaturated/α-hetero) is 1. The summed E-state index contributed by atoms with van der Waals surface area (Å²) in [5.41, 5.74) is 6.80. The van der Waals surface area contributed by atoms with Gasteiger partial charge in [0.25, 0.3) is 0 Å². The van der Waals surface area contributed by atoms with E-state index in [1.54, 1.807) is 19.2 Å². The lowest BCUT2D eigenvalue weighted by atomic mass is 10.0. The fourth-order valence-corrected chi connectivity index (χ4v) is 1.74. The Morgan fingerprint density at radius 3 is 2.71 bits per heavy atom. The standard InChI is InChI=1S/C10H12BrNO2/c1-6-7(8(13)5-12)3-4-9(14-2)10(6)11/h3-4H,5,12H2,1-2H3. The van der Waals surface area contributed by atoms with E-state index in [4.69, 9.17) is 10.5 Å². The molecule has 0 spiro atoms. The Bertz CT molecular complexity index is 363. The van der Waals surface area contributed by atoms with Gasteiger partial charge in [0.2, 0.25) is 0 Å². The average Bonchev–Trinajstić information content (AvgIpc) is 2.21. The van der Waals surface area contributed by atoms with Crippen LogP contribution in [0.25, 0.3) is 0 Å². The van der Waals surface area contributed by atoms with Crippen molar-refractivity contribution in [1.29, 1.82) is 0 Å². The monoisotopic (exact) mass is 257 g/mol. The molecule has 1 rings (SSSR count). The molecule has 76 valence electrons. The van der Waals surface area contributed by atoms with Gasteiger partial charge in [-0.05, 0) is 40.5 Å². The van der Waals surface area contributed by atoms with Crippen molar-refractivity contribution in [2.24, 2.45) is 5.73 Å². The molecule has 0 atom stereocenters. The highest BCUT2D eigenvalue weighted by Crippen LogP contribution is 2.30. The molecule has 0 aliphatic heterocycles. The van der Waals surface area contributed by atoms with Gasteiger partial charge in [-0.15, -0.1) is 0 Å². The van der Waals surface area contributed by atoms with Crippen LogP contribution in [0.5, 0.6) is 5.75 Å². The number of ketones is 1. The van der Waals surface area contributed by atoms with Gasteiger partial charge in [0.05, 0.1) is 18.1 Å². The topological polar surface area (TPSA) is 52.3 Å². The molecule has 0 radical (unpaired) electrons. The van der Waals surface area contributed by atoms with Gasteiger partial charge in [0.1, 0.15) is 5.75 Å². The summed E-state index contributed by atoms with van der Waals surface area (Å²) in [5.74, 6) is 0.655.